The van der Waals surface area contributed by atoms with Gasteiger partial charge in [-0.2, -0.15) is 0 Å². The average Bonchev–Trinajstić information content (AvgIpc) is 2.81. The summed E-state index contributed by atoms with van der Waals surface area (Å²) < 4.78 is 5.62. The van der Waals surface area contributed by atoms with Crippen molar-refractivity contribution in [2.45, 2.75) is 64.6 Å². The summed E-state index contributed by atoms with van der Waals surface area (Å²) in [6.07, 6.45) is 4.62. The summed E-state index contributed by atoms with van der Waals surface area (Å²) in [5.74, 6) is 0.128. The van der Waals surface area contributed by atoms with E-state index in [9.17, 15) is 4.79 Å². The Hall–Kier alpha value is -0.610. The zero-order valence-corrected chi connectivity index (χ0v) is 11.8. The Morgan fingerprint density at radius 2 is 2.22 bits per heavy atom. The van der Waals surface area contributed by atoms with E-state index >= 15 is 0 Å². The van der Waals surface area contributed by atoms with Crippen LogP contribution in [-0.4, -0.2) is 37.2 Å². The van der Waals surface area contributed by atoms with Gasteiger partial charge in [0, 0.05) is 6.61 Å². The molecule has 3 unspecified atom stereocenters. The maximum Gasteiger partial charge on any atom is 0.237 e. The Labute approximate surface area is 110 Å². The maximum absolute atomic E-state index is 12.4. The van der Waals surface area contributed by atoms with E-state index < -0.39 is 0 Å². The minimum absolute atomic E-state index is 0.0403. The molecule has 2 N–H and O–H groups in total. The van der Waals surface area contributed by atoms with Gasteiger partial charge in [-0.15, -0.1) is 0 Å². The summed E-state index contributed by atoms with van der Waals surface area (Å²) in [7, 11) is 0. The van der Waals surface area contributed by atoms with Gasteiger partial charge in [0.05, 0.1) is 18.2 Å². The van der Waals surface area contributed by atoms with Gasteiger partial charge in [0.25, 0.3) is 0 Å². The largest absolute Gasteiger partial charge is 0.376 e. The highest BCUT2D eigenvalue weighted by atomic mass is 16.5. The Morgan fingerprint density at radius 1 is 1.44 bits per heavy atom. The summed E-state index contributed by atoms with van der Waals surface area (Å²) >= 11 is 0. The summed E-state index contributed by atoms with van der Waals surface area (Å²) in [6.45, 7) is 8.15. The zero-order chi connectivity index (χ0) is 13.2. The van der Waals surface area contributed by atoms with Gasteiger partial charge < -0.3 is 15.4 Å². The Kier molecular flexibility index (Phi) is 4.28. The van der Waals surface area contributed by atoms with Gasteiger partial charge in [0.1, 0.15) is 0 Å². The van der Waals surface area contributed by atoms with E-state index in [1.165, 1.54) is 0 Å². The fourth-order valence-corrected chi connectivity index (χ4v) is 3.06. The molecule has 2 fully saturated rings. The average molecular weight is 254 g/mol. The quantitative estimate of drug-likeness (QED) is 0.801. The third kappa shape index (κ3) is 3.04. The van der Waals surface area contributed by atoms with Gasteiger partial charge in [-0.25, -0.2) is 0 Å². The highest BCUT2D eigenvalue weighted by molar-refractivity contribution is 5.83. The molecule has 0 spiro atoms. The number of carbonyl (C=O) groups excluding carboxylic acids is 1. The van der Waals surface area contributed by atoms with E-state index in [1.54, 1.807) is 0 Å². The van der Waals surface area contributed by atoms with Crippen LogP contribution in [0.1, 0.15) is 46.5 Å². The number of nitrogens with one attached hydrogen (secondary N) is 2. The molecule has 0 aromatic rings. The lowest BCUT2D eigenvalue weighted by molar-refractivity contribution is -0.128. The van der Waals surface area contributed by atoms with E-state index in [0.29, 0.717) is 0 Å². The fourth-order valence-electron chi connectivity index (χ4n) is 3.06. The van der Waals surface area contributed by atoms with E-state index in [1.807, 2.05) is 6.92 Å². The van der Waals surface area contributed by atoms with Crippen LogP contribution in [0.4, 0.5) is 0 Å². The number of hydrogen-bond acceptors (Lipinski definition) is 3. The number of carbonyl (C=O) groups is 1. The van der Waals surface area contributed by atoms with Crippen LogP contribution in [0.2, 0.25) is 0 Å². The third-order valence-corrected chi connectivity index (χ3v) is 4.28. The SMILES string of the molecule is CC(NC(=O)C1NCCCC1(C)C)C1CCCO1. The van der Waals surface area contributed by atoms with Crippen molar-refractivity contribution in [3.8, 4) is 0 Å². The van der Waals surface area contributed by atoms with Gasteiger partial charge in [-0.3, -0.25) is 4.79 Å². The first-order valence-corrected chi connectivity index (χ1v) is 7.16. The van der Waals surface area contributed by atoms with E-state index in [4.69, 9.17) is 4.74 Å². The molecule has 104 valence electrons. The topological polar surface area (TPSA) is 50.4 Å². The second kappa shape index (κ2) is 5.57. The highest BCUT2D eigenvalue weighted by Gasteiger charge is 2.38. The lowest BCUT2D eigenvalue weighted by Gasteiger charge is -2.39. The van der Waals surface area contributed by atoms with Crippen LogP contribution < -0.4 is 10.6 Å². The van der Waals surface area contributed by atoms with Crippen LogP contribution in [-0.2, 0) is 9.53 Å². The Bertz CT molecular complexity index is 298. The highest BCUT2D eigenvalue weighted by Crippen LogP contribution is 2.30. The van der Waals surface area contributed by atoms with E-state index in [2.05, 4.69) is 24.5 Å². The molecule has 1 amide bonds. The summed E-state index contributed by atoms with van der Waals surface area (Å²) in [4.78, 5) is 12.4. The third-order valence-electron chi connectivity index (χ3n) is 4.28. The Morgan fingerprint density at radius 3 is 2.83 bits per heavy atom. The van der Waals surface area contributed by atoms with Gasteiger partial charge in [-0.1, -0.05) is 13.8 Å². The van der Waals surface area contributed by atoms with Gasteiger partial charge in [0.15, 0.2) is 0 Å². The standard InChI is InChI=1S/C14H26N2O2/c1-10(11-6-4-9-18-11)16-13(17)12-14(2,3)7-5-8-15-12/h10-12,15H,4-9H2,1-3H3,(H,16,17). The molecule has 4 heteroatoms. The van der Waals surface area contributed by atoms with Crippen LogP contribution in [0, 0.1) is 5.41 Å². The lowest BCUT2D eigenvalue weighted by atomic mass is 9.77. The molecule has 2 saturated heterocycles. The van der Waals surface area contributed by atoms with Gasteiger partial charge in [-0.05, 0) is 44.6 Å². The molecule has 2 aliphatic heterocycles. The number of ether oxygens (including phenoxy) is 1. The number of amides is 1. The second-order valence-electron chi connectivity index (χ2n) is 6.33. The summed E-state index contributed by atoms with van der Waals surface area (Å²) in [6, 6.07) is 0.0367. The molecular weight excluding hydrogens is 228 g/mol. The maximum atomic E-state index is 12.4. The molecule has 18 heavy (non-hydrogen) atoms. The smallest absolute Gasteiger partial charge is 0.237 e. The van der Waals surface area contributed by atoms with Crippen molar-refractivity contribution in [1.82, 2.24) is 10.6 Å². The lowest BCUT2D eigenvalue weighted by Crippen LogP contribution is -2.58. The molecule has 2 rings (SSSR count). The van der Waals surface area contributed by atoms with Crippen molar-refractivity contribution >= 4 is 5.91 Å². The van der Waals surface area contributed by atoms with Crippen LogP contribution in [0.5, 0.6) is 0 Å². The molecule has 0 radical (unpaired) electrons. The predicted molar refractivity (Wildman–Crippen MR) is 71.4 cm³/mol. The first kappa shape index (κ1) is 13.8. The van der Waals surface area contributed by atoms with Crippen LogP contribution in [0.25, 0.3) is 0 Å². The monoisotopic (exact) mass is 254 g/mol. The van der Waals surface area contributed by atoms with Crippen molar-refractivity contribution in [3.05, 3.63) is 0 Å². The number of piperidine rings is 1. The van der Waals surface area contributed by atoms with Crippen molar-refractivity contribution < 1.29 is 9.53 Å². The van der Waals surface area contributed by atoms with Gasteiger partial charge in [0.2, 0.25) is 5.91 Å². The molecule has 0 aromatic heterocycles. The second-order valence-corrected chi connectivity index (χ2v) is 6.33. The van der Waals surface area contributed by atoms with Crippen LogP contribution >= 0.6 is 0 Å². The number of rotatable bonds is 3. The molecule has 0 aliphatic carbocycles. The van der Waals surface area contributed by atoms with Crippen molar-refractivity contribution in [2.24, 2.45) is 5.41 Å². The van der Waals surface area contributed by atoms with Gasteiger partial charge >= 0.3 is 0 Å². The fraction of sp³-hybridized carbons (Fsp3) is 0.929. The first-order valence-electron chi connectivity index (χ1n) is 7.16. The van der Waals surface area contributed by atoms with Crippen LogP contribution in [0.15, 0.2) is 0 Å². The predicted octanol–water partition coefficient (Wildman–Crippen LogP) is 1.45. The molecule has 0 aromatic carbocycles. The minimum atomic E-state index is -0.0740. The minimum Gasteiger partial charge on any atom is -0.376 e. The van der Waals surface area contributed by atoms with Crippen molar-refractivity contribution in [3.63, 3.8) is 0 Å². The Balaban J connectivity index is 1.90. The molecule has 3 atom stereocenters. The van der Waals surface area contributed by atoms with Crippen molar-refractivity contribution in [2.75, 3.05) is 13.2 Å². The first-order chi connectivity index (χ1) is 8.50. The normalized spacial score (nSPS) is 33.1. The molecule has 0 bridgehead atoms. The summed E-state index contributed by atoms with van der Waals surface area (Å²) in [5.41, 5.74) is 0.0403. The molecule has 2 heterocycles. The van der Waals surface area contributed by atoms with Crippen molar-refractivity contribution in [1.29, 1.82) is 0 Å². The zero-order valence-electron chi connectivity index (χ0n) is 11.8. The molecule has 0 saturated carbocycles. The number of hydrogen-bond donors (Lipinski definition) is 2. The molecule has 4 nitrogen and oxygen atoms in total. The molecular formula is C14H26N2O2. The molecule has 2 aliphatic rings. The van der Waals surface area contributed by atoms with E-state index in [-0.39, 0.29) is 29.5 Å². The van der Waals surface area contributed by atoms with Crippen LogP contribution in [0.3, 0.4) is 0 Å². The summed E-state index contributed by atoms with van der Waals surface area (Å²) in [5, 5.41) is 6.47. The van der Waals surface area contributed by atoms with E-state index in [0.717, 1.165) is 38.8 Å².